The first-order valence-electron chi connectivity index (χ1n) is 5.52. The minimum absolute atomic E-state index is 0.0802. The molecule has 0 saturated heterocycles. The maximum absolute atomic E-state index is 10.9. The minimum Gasteiger partial charge on any atom is -0.481 e. The van der Waals surface area contributed by atoms with Crippen LogP contribution in [-0.4, -0.2) is 38.5 Å². The number of aliphatic carboxylic acids is 1. The molecule has 0 aliphatic rings. The van der Waals surface area contributed by atoms with Gasteiger partial charge in [-0.05, 0) is 20.4 Å². The van der Waals surface area contributed by atoms with Gasteiger partial charge in [-0.2, -0.15) is 0 Å². The normalized spacial score (nSPS) is 13.3. The van der Waals surface area contributed by atoms with Crippen LogP contribution in [0.3, 0.4) is 0 Å². The van der Waals surface area contributed by atoms with Gasteiger partial charge in [0, 0.05) is 12.2 Å². The maximum atomic E-state index is 10.9. The Morgan fingerprint density at radius 1 is 1.62 bits per heavy atom. The fourth-order valence-corrected chi connectivity index (χ4v) is 1.96. The fraction of sp³-hybridized carbons (Fsp3) is 0.636. The van der Waals surface area contributed by atoms with E-state index >= 15 is 0 Å². The summed E-state index contributed by atoms with van der Waals surface area (Å²) in [5, 5.41) is 8.94. The van der Waals surface area contributed by atoms with Crippen LogP contribution in [0.2, 0.25) is 0 Å². The SMILES string of the molecule is CCN(C(C)C)C(CC(=O)O)c1c[nH]cn1. The van der Waals surface area contributed by atoms with Crippen molar-refractivity contribution >= 4 is 5.97 Å². The van der Waals surface area contributed by atoms with Crippen molar-refractivity contribution in [2.45, 2.75) is 39.3 Å². The number of carboxylic acids is 1. The molecule has 0 aliphatic carbocycles. The first-order chi connectivity index (χ1) is 7.56. The smallest absolute Gasteiger partial charge is 0.305 e. The summed E-state index contributed by atoms with van der Waals surface area (Å²) in [6, 6.07) is 0.139. The molecule has 1 rings (SSSR count). The van der Waals surface area contributed by atoms with Crippen LogP contribution in [0, 0.1) is 0 Å². The van der Waals surface area contributed by atoms with Gasteiger partial charge in [-0.25, -0.2) is 4.98 Å². The van der Waals surface area contributed by atoms with Gasteiger partial charge in [0.1, 0.15) is 0 Å². The molecule has 16 heavy (non-hydrogen) atoms. The molecule has 0 aliphatic heterocycles. The minimum atomic E-state index is -0.799. The molecule has 5 nitrogen and oxygen atoms in total. The van der Waals surface area contributed by atoms with Gasteiger partial charge < -0.3 is 10.1 Å². The van der Waals surface area contributed by atoms with Gasteiger partial charge in [-0.15, -0.1) is 0 Å². The summed E-state index contributed by atoms with van der Waals surface area (Å²) >= 11 is 0. The van der Waals surface area contributed by atoms with Gasteiger partial charge >= 0.3 is 5.97 Å². The van der Waals surface area contributed by atoms with E-state index in [0.29, 0.717) is 6.04 Å². The average Bonchev–Trinajstić information content (AvgIpc) is 2.68. The third-order valence-corrected chi connectivity index (χ3v) is 2.66. The zero-order chi connectivity index (χ0) is 12.1. The molecular weight excluding hydrogens is 206 g/mol. The largest absolute Gasteiger partial charge is 0.481 e. The van der Waals surface area contributed by atoms with E-state index in [0.717, 1.165) is 12.2 Å². The predicted molar refractivity (Wildman–Crippen MR) is 61.1 cm³/mol. The van der Waals surface area contributed by atoms with E-state index in [4.69, 9.17) is 5.11 Å². The zero-order valence-electron chi connectivity index (χ0n) is 9.97. The Kier molecular flexibility index (Phi) is 4.49. The first kappa shape index (κ1) is 12.7. The number of nitrogens with one attached hydrogen (secondary N) is 1. The Morgan fingerprint density at radius 3 is 2.69 bits per heavy atom. The third-order valence-electron chi connectivity index (χ3n) is 2.66. The number of carboxylic acid groups (broad SMARTS) is 1. The Balaban J connectivity index is 2.90. The van der Waals surface area contributed by atoms with E-state index in [1.54, 1.807) is 12.5 Å². The summed E-state index contributed by atoms with van der Waals surface area (Å²) in [4.78, 5) is 20.0. The second-order valence-corrected chi connectivity index (χ2v) is 4.03. The van der Waals surface area contributed by atoms with Gasteiger partial charge in [-0.3, -0.25) is 9.69 Å². The van der Waals surface area contributed by atoms with Gasteiger partial charge in [-0.1, -0.05) is 6.92 Å². The highest BCUT2D eigenvalue weighted by Gasteiger charge is 2.25. The number of imidazole rings is 1. The molecule has 1 aromatic heterocycles. The van der Waals surface area contributed by atoms with Gasteiger partial charge in [0.2, 0.25) is 0 Å². The molecule has 0 aromatic carbocycles. The molecule has 0 spiro atoms. The quantitative estimate of drug-likeness (QED) is 0.772. The molecule has 0 saturated carbocycles. The molecule has 0 amide bonds. The van der Waals surface area contributed by atoms with Gasteiger partial charge in [0.25, 0.3) is 0 Å². The number of H-pyrrole nitrogens is 1. The van der Waals surface area contributed by atoms with E-state index in [9.17, 15) is 4.79 Å². The molecule has 1 atom stereocenters. The summed E-state index contributed by atoms with van der Waals surface area (Å²) in [5.74, 6) is -0.799. The predicted octanol–water partition coefficient (Wildman–Crippen LogP) is 1.66. The lowest BCUT2D eigenvalue weighted by molar-refractivity contribution is -0.138. The highest BCUT2D eigenvalue weighted by Crippen LogP contribution is 2.24. The first-order valence-corrected chi connectivity index (χ1v) is 5.52. The molecule has 1 heterocycles. The van der Waals surface area contributed by atoms with Crippen LogP contribution in [0.4, 0.5) is 0 Å². The van der Waals surface area contributed by atoms with Crippen molar-refractivity contribution in [1.82, 2.24) is 14.9 Å². The molecule has 5 heteroatoms. The second-order valence-electron chi connectivity index (χ2n) is 4.03. The van der Waals surface area contributed by atoms with Crippen LogP contribution in [0.1, 0.15) is 38.9 Å². The van der Waals surface area contributed by atoms with Crippen molar-refractivity contribution in [1.29, 1.82) is 0 Å². The molecule has 90 valence electrons. The van der Waals surface area contributed by atoms with Gasteiger partial charge in [0.05, 0.1) is 24.5 Å². The Morgan fingerprint density at radius 2 is 2.31 bits per heavy atom. The highest BCUT2D eigenvalue weighted by molar-refractivity contribution is 5.67. The monoisotopic (exact) mass is 225 g/mol. The summed E-state index contributed by atoms with van der Waals surface area (Å²) in [7, 11) is 0. The Labute approximate surface area is 95.5 Å². The average molecular weight is 225 g/mol. The standard InChI is InChI=1S/C11H19N3O2/c1-4-14(8(2)3)10(5-11(15)16)9-6-12-7-13-9/h6-8,10H,4-5H2,1-3H3,(H,12,13)(H,15,16). The lowest BCUT2D eigenvalue weighted by atomic mass is 10.1. The van der Waals surface area contributed by atoms with E-state index in [1.165, 1.54) is 0 Å². The molecule has 1 unspecified atom stereocenters. The number of aromatic amines is 1. The van der Waals surface area contributed by atoms with Crippen molar-refractivity contribution < 1.29 is 9.90 Å². The highest BCUT2D eigenvalue weighted by atomic mass is 16.4. The number of nitrogens with zero attached hydrogens (tertiary/aromatic N) is 2. The molecular formula is C11H19N3O2. The van der Waals surface area contributed by atoms with E-state index in [-0.39, 0.29) is 12.5 Å². The number of hydrogen-bond donors (Lipinski definition) is 2. The number of carbonyl (C=O) groups is 1. The van der Waals surface area contributed by atoms with Crippen LogP contribution in [0.15, 0.2) is 12.5 Å². The molecule has 1 aromatic rings. The summed E-state index contributed by atoms with van der Waals surface area (Å²) < 4.78 is 0. The van der Waals surface area contributed by atoms with Crippen molar-refractivity contribution in [3.05, 3.63) is 18.2 Å². The lowest BCUT2D eigenvalue weighted by Gasteiger charge is -2.32. The topological polar surface area (TPSA) is 69.2 Å². The van der Waals surface area contributed by atoms with Crippen LogP contribution >= 0.6 is 0 Å². The van der Waals surface area contributed by atoms with Crippen LogP contribution in [-0.2, 0) is 4.79 Å². The van der Waals surface area contributed by atoms with Crippen LogP contribution in [0.25, 0.3) is 0 Å². The second kappa shape index (κ2) is 5.65. The van der Waals surface area contributed by atoms with Crippen molar-refractivity contribution in [2.24, 2.45) is 0 Å². The van der Waals surface area contributed by atoms with Crippen molar-refractivity contribution in [3.63, 3.8) is 0 Å². The van der Waals surface area contributed by atoms with Crippen molar-refractivity contribution in [3.8, 4) is 0 Å². The fourth-order valence-electron chi connectivity index (χ4n) is 1.96. The number of hydrogen-bond acceptors (Lipinski definition) is 3. The van der Waals surface area contributed by atoms with Gasteiger partial charge in [0.15, 0.2) is 0 Å². The number of rotatable bonds is 6. The number of aromatic nitrogens is 2. The van der Waals surface area contributed by atoms with E-state index in [2.05, 4.69) is 28.7 Å². The third kappa shape index (κ3) is 3.06. The zero-order valence-corrected chi connectivity index (χ0v) is 9.97. The Hall–Kier alpha value is -1.36. The lowest BCUT2D eigenvalue weighted by Crippen LogP contribution is -2.36. The van der Waals surface area contributed by atoms with Crippen LogP contribution in [0.5, 0.6) is 0 Å². The summed E-state index contributed by atoms with van der Waals surface area (Å²) in [5.41, 5.74) is 0.790. The van der Waals surface area contributed by atoms with E-state index in [1.807, 2.05) is 6.92 Å². The summed E-state index contributed by atoms with van der Waals surface area (Å²) in [6.45, 7) is 6.96. The molecule has 2 N–H and O–H groups in total. The van der Waals surface area contributed by atoms with E-state index < -0.39 is 5.97 Å². The summed E-state index contributed by atoms with van der Waals surface area (Å²) in [6.07, 6.45) is 3.42. The van der Waals surface area contributed by atoms with Crippen LogP contribution < -0.4 is 0 Å². The molecule has 0 fully saturated rings. The molecule has 0 radical (unpaired) electrons. The Bertz CT molecular complexity index is 322. The van der Waals surface area contributed by atoms with Crippen molar-refractivity contribution in [2.75, 3.05) is 6.54 Å². The maximum Gasteiger partial charge on any atom is 0.305 e. The molecule has 0 bridgehead atoms.